The Morgan fingerprint density at radius 3 is 2.17 bits per heavy atom. The van der Waals surface area contributed by atoms with E-state index in [0.29, 0.717) is 11.1 Å². The molecule has 1 amide bonds. The van der Waals surface area contributed by atoms with Crippen molar-refractivity contribution in [2.24, 2.45) is 0 Å². The van der Waals surface area contributed by atoms with Crippen LogP contribution in [0, 0.1) is 17.5 Å². The minimum atomic E-state index is -1.05. The molecule has 0 radical (unpaired) electrons. The molecule has 1 aromatic heterocycles. The molecule has 0 fully saturated rings. The van der Waals surface area contributed by atoms with E-state index >= 15 is 0 Å². The highest BCUT2D eigenvalue weighted by atomic mass is 19.1. The lowest BCUT2D eigenvalue weighted by Gasteiger charge is -2.16. The van der Waals surface area contributed by atoms with Gasteiger partial charge in [0.25, 0.3) is 5.91 Å². The third-order valence-corrected chi connectivity index (χ3v) is 4.38. The number of nitrogens with one attached hydrogen (secondary N) is 1. The summed E-state index contributed by atoms with van der Waals surface area (Å²) >= 11 is 0. The van der Waals surface area contributed by atoms with E-state index in [1.807, 2.05) is 6.07 Å². The molecule has 0 saturated heterocycles. The molecule has 4 aromatic rings. The first-order chi connectivity index (χ1) is 14.5. The fourth-order valence-corrected chi connectivity index (χ4v) is 2.91. The van der Waals surface area contributed by atoms with Crippen molar-refractivity contribution in [3.8, 4) is 11.5 Å². The van der Waals surface area contributed by atoms with Crippen LogP contribution in [0.4, 0.5) is 13.2 Å². The van der Waals surface area contributed by atoms with Crippen LogP contribution in [0.15, 0.2) is 77.2 Å². The average Bonchev–Trinajstić information content (AvgIpc) is 3.23. The van der Waals surface area contributed by atoms with E-state index in [0.717, 1.165) is 18.2 Å². The van der Waals surface area contributed by atoms with E-state index < -0.39 is 35.0 Å². The van der Waals surface area contributed by atoms with Crippen LogP contribution in [0.5, 0.6) is 0 Å². The number of carbonyl (C=O) groups excluding carboxylic acids is 1. The number of rotatable bonds is 5. The number of nitrogens with zero attached hydrogens (tertiary/aromatic N) is 2. The Kier molecular flexibility index (Phi) is 5.30. The molecule has 5 nitrogen and oxygen atoms in total. The van der Waals surface area contributed by atoms with Crippen molar-refractivity contribution in [2.75, 3.05) is 0 Å². The first-order valence-electron chi connectivity index (χ1n) is 8.92. The SMILES string of the molecule is O=C(N[C@@H](c1ccc(F)cc1)c1nnc(-c2ccccc2)o1)c1c(F)cccc1F. The van der Waals surface area contributed by atoms with Crippen LogP contribution in [0.3, 0.4) is 0 Å². The molecule has 3 aromatic carbocycles. The summed E-state index contributed by atoms with van der Waals surface area (Å²) in [5.41, 5.74) is 0.303. The van der Waals surface area contributed by atoms with Gasteiger partial charge in [-0.1, -0.05) is 36.4 Å². The number of amides is 1. The van der Waals surface area contributed by atoms with E-state index in [2.05, 4.69) is 15.5 Å². The van der Waals surface area contributed by atoms with Gasteiger partial charge >= 0.3 is 0 Å². The Balaban J connectivity index is 1.71. The average molecular weight is 409 g/mol. The second-order valence-corrected chi connectivity index (χ2v) is 6.37. The van der Waals surface area contributed by atoms with E-state index in [9.17, 15) is 18.0 Å². The fourth-order valence-electron chi connectivity index (χ4n) is 2.91. The number of aromatic nitrogens is 2. The molecule has 1 N–H and O–H groups in total. The zero-order valence-electron chi connectivity index (χ0n) is 15.4. The van der Waals surface area contributed by atoms with Gasteiger partial charge in [-0.15, -0.1) is 10.2 Å². The molecule has 0 unspecified atom stereocenters. The normalized spacial score (nSPS) is 11.8. The lowest BCUT2D eigenvalue weighted by Crippen LogP contribution is -2.31. The highest BCUT2D eigenvalue weighted by molar-refractivity contribution is 5.95. The number of benzene rings is 3. The Morgan fingerprint density at radius 1 is 0.833 bits per heavy atom. The van der Waals surface area contributed by atoms with Crippen LogP contribution in [0.25, 0.3) is 11.5 Å². The van der Waals surface area contributed by atoms with Gasteiger partial charge in [0, 0.05) is 5.56 Å². The van der Waals surface area contributed by atoms with Crippen molar-refractivity contribution >= 4 is 5.91 Å². The van der Waals surface area contributed by atoms with Gasteiger partial charge in [0.2, 0.25) is 11.8 Å². The number of hydrogen-bond donors (Lipinski definition) is 1. The zero-order chi connectivity index (χ0) is 21.1. The van der Waals surface area contributed by atoms with E-state index in [1.54, 1.807) is 24.3 Å². The monoisotopic (exact) mass is 409 g/mol. The number of hydrogen-bond acceptors (Lipinski definition) is 4. The van der Waals surface area contributed by atoms with Crippen molar-refractivity contribution in [2.45, 2.75) is 6.04 Å². The Bertz CT molecular complexity index is 1160. The summed E-state index contributed by atoms with van der Waals surface area (Å²) in [5, 5.41) is 10.4. The quantitative estimate of drug-likeness (QED) is 0.520. The molecule has 0 saturated carbocycles. The lowest BCUT2D eigenvalue weighted by atomic mass is 10.1. The molecule has 1 heterocycles. The maximum absolute atomic E-state index is 14.0. The van der Waals surface area contributed by atoms with Gasteiger partial charge in [-0.3, -0.25) is 4.79 Å². The first-order valence-corrected chi connectivity index (χ1v) is 8.92. The Morgan fingerprint density at radius 2 is 1.50 bits per heavy atom. The van der Waals surface area contributed by atoms with Crippen LogP contribution in [-0.4, -0.2) is 16.1 Å². The van der Waals surface area contributed by atoms with Gasteiger partial charge in [-0.2, -0.15) is 0 Å². The summed E-state index contributed by atoms with van der Waals surface area (Å²) < 4.78 is 47.1. The van der Waals surface area contributed by atoms with Gasteiger partial charge in [-0.25, -0.2) is 13.2 Å². The van der Waals surface area contributed by atoms with Crippen LogP contribution in [0.2, 0.25) is 0 Å². The second-order valence-electron chi connectivity index (χ2n) is 6.37. The largest absolute Gasteiger partial charge is 0.418 e. The molecule has 0 aliphatic heterocycles. The molecule has 0 spiro atoms. The van der Waals surface area contributed by atoms with E-state index in [1.165, 1.54) is 24.3 Å². The van der Waals surface area contributed by atoms with Crippen LogP contribution < -0.4 is 5.32 Å². The molecular weight excluding hydrogens is 395 g/mol. The summed E-state index contributed by atoms with van der Waals surface area (Å²) in [6.07, 6.45) is 0. The van der Waals surface area contributed by atoms with Crippen molar-refractivity contribution < 1.29 is 22.4 Å². The standard InChI is InChI=1S/C22H14F3N3O2/c23-15-11-9-13(10-12-15)19(26-20(29)18-16(24)7-4-8-17(18)25)22-28-27-21(30-22)14-5-2-1-3-6-14/h1-12,19H,(H,26,29)/t19-/m0/s1. The minimum Gasteiger partial charge on any atom is -0.418 e. The lowest BCUT2D eigenvalue weighted by molar-refractivity contribution is 0.0929. The first kappa shape index (κ1) is 19.4. The van der Waals surface area contributed by atoms with E-state index in [4.69, 9.17) is 4.42 Å². The van der Waals surface area contributed by atoms with Crippen LogP contribution in [0.1, 0.15) is 27.9 Å². The minimum absolute atomic E-state index is 0.0226. The van der Waals surface area contributed by atoms with Crippen molar-refractivity contribution in [1.29, 1.82) is 0 Å². The maximum Gasteiger partial charge on any atom is 0.258 e. The molecule has 0 aliphatic rings. The fraction of sp³-hybridized carbons (Fsp3) is 0.0455. The summed E-state index contributed by atoms with van der Waals surface area (Å²) in [5.74, 6) is -3.35. The van der Waals surface area contributed by atoms with Gasteiger partial charge in [0.15, 0.2) is 0 Å². The van der Waals surface area contributed by atoms with Crippen molar-refractivity contribution in [3.63, 3.8) is 0 Å². The van der Waals surface area contributed by atoms with Gasteiger partial charge in [-0.05, 0) is 42.0 Å². The summed E-state index contributed by atoms with van der Waals surface area (Å²) in [6.45, 7) is 0. The third-order valence-electron chi connectivity index (χ3n) is 4.38. The molecule has 4 rings (SSSR count). The Labute approximate surface area is 169 Å². The zero-order valence-corrected chi connectivity index (χ0v) is 15.4. The number of halogens is 3. The molecule has 30 heavy (non-hydrogen) atoms. The smallest absolute Gasteiger partial charge is 0.258 e. The van der Waals surface area contributed by atoms with Gasteiger partial charge < -0.3 is 9.73 Å². The molecular formula is C22H14F3N3O2. The van der Waals surface area contributed by atoms with Crippen LogP contribution in [-0.2, 0) is 0 Å². The van der Waals surface area contributed by atoms with Gasteiger partial charge in [0.05, 0.1) is 0 Å². The maximum atomic E-state index is 14.0. The molecule has 0 bridgehead atoms. The Hall–Kier alpha value is -3.94. The summed E-state index contributed by atoms with van der Waals surface area (Å²) in [4.78, 5) is 12.6. The topological polar surface area (TPSA) is 68.0 Å². The predicted octanol–water partition coefficient (Wildman–Crippen LogP) is 4.67. The second kappa shape index (κ2) is 8.20. The highest BCUT2D eigenvalue weighted by Gasteiger charge is 2.26. The molecule has 150 valence electrons. The molecule has 8 heteroatoms. The molecule has 1 atom stereocenters. The van der Waals surface area contributed by atoms with Crippen molar-refractivity contribution in [3.05, 3.63) is 107 Å². The van der Waals surface area contributed by atoms with Crippen LogP contribution >= 0.6 is 0 Å². The third kappa shape index (κ3) is 3.93. The summed E-state index contributed by atoms with van der Waals surface area (Å²) in [6, 6.07) is 16.2. The van der Waals surface area contributed by atoms with Crippen molar-refractivity contribution in [1.82, 2.24) is 15.5 Å². The predicted molar refractivity (Wildman–Crippen MR) is 102 cm³/mol. The highest BCUT2D eigenvalue weighted by Crippen LogP contribution is 2.26. The number of carbonyl (C=O) groups is 1. The van der Waals surface area contributed by atoms with Gasteiger partial charge in [0.1, 0.15) is 29.1 Å². The summed E-state index contributed by atoms with van der Waals surface area (Å²) in [7, 11) is 0. The van der Waals surface area contributed by atoms with E-state index in [-0.39, 0.29) is 11.8 Å². The molecule has 0 aliphatic carbocycles.